The lowest BCUT2D eigenvalue weighted by Gasteiger charge is -2.11. The van der Waals surface area contributed by atoms with Gasteiger partial charge < -0.3 is 5.32 Å². The fraction of sp³-hybridized carbons (Fsp3) is 0.571. The van der Waals surface area contributed by atoms with E-state index < -0.39 is 0 Å². The molecule has 0 radical (unpaired) electrons. The zero-order chi connectivity index (χ0) is 11.8. The van der Waals surface area contributed by atoms with E-state index in [2.05, 4.69) is 25.2 Å². The number of para-hydroxylation sites is 1. The Bertz CT molecular complexity index is 289. The van der Waals surface area contributed by atoms with Gasteiger partial charge in [0.1, 0.15) is 0 Å². The summed E-state index contributed by atoms with van der Waals surface area (Å²) < 4.78 is 0. The molecule has 0 amide bonds. The maximum absolute atomic E-state index is 6.13. The van der Waals surface area contributed by atoms with Crippen molar-refractivity contribution in [3.63, 3.8) is 0 Å². The van der Waals surface area contributed by atoms with Gasteiger partial charge in [-0.15, -0.1) is 0 Å². The quantitative estimate of drug-likeness (QED) is 0.658. The monoisotopic (exact) mass is 239 g/mol. The Morgan fingerprint density at radius 1 is 1.12 bits per heavy atom. The normalized spacial score (nSPS) is 10.4. The summed E-state index contributed by atoms with van der Waals surface area (Å²) >= 11 is 6.13. The largest absolute Gasteiger partial charge is 0.384 e. The molecule has 0 saturated heterocycles. The summed E-state index contributed by atoms with van der Waals surface area (Å²) in [6.07, 6.45) is 6.54. The summed E-state index contributed by atoms with van der Waals surface area (Å²) in [5, 5.41) is 4.25. The molecule has 0 heterocycles. The molecule has 1 nitrogen and oxygen atoms in total. The number of hydrogen-bond donors (Lipinski definition) is 1. The lowest BCUT2D eigenvalue weighted by molar-refractivity contribution is 0.645. The van der Waals surface area contributed by atoms with Gasteiger partial charge in [0.05, 0.1) is 10.7 Å². The van der Waals surface area contributed by atoms with E-state index >= 15 is 0 Å². The average Bonchev–Trinajstić information content (AvgIpc) is 2.26. The van der Waals surface area contributed by atoms with Crippen LogP contribution >= 0.6 is 11.6 Å². The smallest absolute Gasteiger partial charge is 0.0640 e. The van der Waals surface area contributed by atoms with Gasteiger partial charge in [0.15, 0.2) is 0 Å². The Kier molecular flexibility index (Phi) is 6.32. The molecule has 0 atom stereocenters. The molecule has 0 saturated carbocycles. The second-order valence-electron chi connectivity index (χ2n) is 4.27. The first-order valence-electron chi connectivity index (χ1n) is 6.24. The molecule has 0 unspecified atom stereocenters. The molecule has 16 heavy (non-hydrogen) atoms. The van der Waals surface area contributed by atoms with Crippen molar-refractivity contribution >= 4 is 17.3 Å². The van der Waals surface area contributed by atoms with Gasteiger partial charge in [-0.1, -0.05) is 56.3 Å². The first kappa shape index (κ1) is 13.4. The lowest BCUT2D eigenvalue weighted by atomic mass is 10.1. The van der Waals surface area contributed by atoms with Gasteiger partial charge in [0.2, 0.25) is 0 Å². The molecule has 1 aromatic carbocycles. The van der Waals surface area contributed by atoms with E-state index in [1.807, 2.05) is 12.1 Å². The summed E-state index contributed by atoms with van der Waals surface area (Å²) in [5.41, 5.74) is 2.32. The maximum atomic E-state index is 6.13. The van der Waals surface area contributed by atoms with Crippen molar-refractivity contribution in [3.8, 4) is 0 Å². The molecule has 1 rings (SSSR count). The minimum Gasteiger partial charge on any atom is -0.384 e. The molecule has 2 heteroatoms. The Labute approximate surface area is 104 Å². The van der Waals surface area contributed by atoms with Crippen LogP contribution in [0.4, 0.5) is 5.69 Å². The first-order valence-corrected chi connectivity index (χ1v) is 6.62. The number of nitrogens with one attached hydrogen (secondary N) is 1. The molecular formula is C14H22ClN. The molecule has 0 spiro atoms. The highest BCUT2D eigenvalue weighted by atomic mass is 35.5. The number of rotatable bonds is 7. The Morgan fingerprint density at radius 3 is 2.56 bits per heavy atom. The van der Waals surface area contributed by atoms with Gasteiger partial charge in [-0.05, 0) is 25.0 Å². The van der Waals surface area contributed by atoms with Gasteiger partial charge in [0.25, 0.3) is 0 Å². The van der Waals surface area contributed by atoms with E-state index in [4.69, 9.17) is 11.6 Å². The fourth-order valence-electron chi connectivity index (χ4n) is 1.80. The molecule has 1 aromatic rings. The summed E-state index contributed by atoms with van der Waals surface area (Å²) in [5.74, 6) is 0. The Balaban J connectivity index is 2.26. The van der Waals surface area contributed by atoms with Gasteiger partial charge in [-0.2, -0.15) is 0 Å². The van der Waals surface area contributed by atoms with Crippen LogP contribution in [-0.2, 0) is 0 Å². The minimum atomic E-state index is 0.827. The predicted molar refractivity (Wildman–Crippen MR) is 73.4 cm³/mol. The predicted octanol–water partition coefficient (Wildman–Crippen LogP) is 5.03. The summed E-state index contributed by atoms with van der Waals surface area (Å²) in [6.45, 7) is 5.35. The highest BCUT2D eigenvalue weighted by molar-refractivity contribution is 6.33. The van der Waals surface area contributed by atoms with Gasteiger partial charge in [-0.3, -0.25) is 0 Å². The third-order valence-electron chi connectivity index (χ3n) is 2.80. The van der Waals surface area contributed by atoms with Crippen molar-refractivity contribution in [2.75, 3.05) is 11.9 Å². The Hall–Kier alpha value is -0.690. The zero-order valence-corrected chi connectivity index (χ0v) is 11.1. The van der Waals surface area contributed by atoms with Crippen molar-refractivity contribution in [2.24, 2.45) is 0 Å². The van der Waals surface area contributed by atoms with Crippen molar-refractivity contribution in [1.29, 1.82) is 0 Å². The molecule has 90 valence electrons. The van der Waals surface area contributed by atoms with Crippen LogP contribution in [0.3, 0.4) is 0 Å². The van der Waals surface area contributed by atoms with Gasteiger partial charge in [-0.25, -0.2) is 0 Å². The first-order chi connectivity index (χ1) is 7.75. The minimum absolute atomic E-state index is 0.827. The molecule has 0 aliphatic heterocycles. The number of halogens is 1. The van der Waals surface area contributed by atoms with Crippen molar-refractivity contribution < 1.29 is 0 Å². The molecule has 0 aromatic heterocycles. The van der Waals surface area contributed by atoms with E-state index in [-0.39, 0.29) is 0 Å². The molecule has 0 aliphatic rings. The molecule has 0 fully saturated rings. The topological polar surface area (TPSA) is 12.0 Å². The van der Waals surface area contributed by atoms with Crippen LogP contribution in [0.25, 0.3) is 0 Å². The molecule has 1 N–H and O–H groups in total. The maximum Gasteiger partial charge on any atom is 0.0640 e. The number of aryl methyl sites for hydroxylation is 1. The number of unbranched alkanes of at least 4 members (excludes halogenated alkanes) is 4. The van der Waals surface area contributed by atoms with E-state index in [1.165, 1.54) is 37.7 Å². The highest BCUT2D eigenvalue weighted by Crippen LogP contribution is 2.25. The lowest BCUT2D eigenvalue weighted by Crippen LogP contribution is -2.03. The standard InChI is InChI=1S/C14H22ClN/c1-3-4-5-6-7-11-16-14-12(2)9-8-10-13(14)15/h8-10,16H,3-7,11H2,1-2H3. The number of benzene rings is 1. The van der Waals surface area contributed by atoms with Crippen LogP contribution < -0.4 is 5.32 Å². The summed E-state index contributed by atoms with van der Waals surface area (Å²) in [6, 6.07) is 6.02. The zero-order valence-electron chi connectivity index (χ0n) is 10.4. The van der Waals surface area contributed by atoms with Crippen LogP contribution in [0, 0.1) is 6.92 Å². The SMILES string of the molecule is CCCCCCCNc1c(C)cccc1Cl. The van der Waals surface area contributed by atoms with E-state index in [1.54, 1.807) is 0 Å². The fourth-order valence-corrected chi connectivity index (χ4v) is 2.09. The number of anilines is 1. The molecule has 0 bridgehead atoms. The van der Waals surface area contributed by atoms with Crippen molar-refractivity contribution in [2.45, 2.75) is 46.0 Å². The number of hydrogen-bond acceptors (Lipinski definition) is 1. The van der Waals surface area contributed by atoms with E-state index in [0.29, 0.717) is 0 Å². The second-order valence-corrected chi connectivity index (χ2v) is 4.68. The van der Waals surface area contributed by atoms with Crippen LogP contribution in [0.1, 0.15) is 44.6 Å². The summed E-state index contributed by atoms with van der Waals surface area (Å²) in [4.78, 5) is 0. The second kappa shape index (κ2) is 7.56. The third kappa shape index (κ3) is 4.44. The Morgan fingerprint density at radius 2 is 1.88 bits per heavy atom. The van der Waals surface area contributed by atoms with Crippen LogP contribution in [0.5, 0.6) is 0 Å². The average molecular weight is 240 g/mol. The van der Waals surface area contributed by atoms with Gasteiger partial charge in [0, 0.05) is 6.54 Å². The van der Waals surface area contributed by atoms with E-state index in [0.717, 1.165) is 17.3 Å². The van der Waals surface area contributed by atoms with Crippen LogP contribution in [0.15, 0.2) is 18.2 Å². The third-order valence-corrected chi connectivity index (χ3v) is 3.12. The van der Waals surface area contributed by atoms with Crippen molar-refractivity contribution in [3.05, 3.63) is 28.8 Å². The van der Waals surface area contributed by atoms with Crippen molar-refractivity contribution in [1.82, 2.24) is 0 Å². The molecular weight excluding hydrogens is 218 g/mol. The van der Waals surface area contributed by atoms with Crippen LogP contribution in [0.2, 0.25) is 5.02 Å². The van der Waals surface area contributed by atoms with Gasteiger partial charge >= 0.3 is 0 Å². The van der Waals surface area contributed by atoms with Crippen LogP contribution in [-0.4, -0.2) is 6.54 Å². The highest BCUT2D eigenvalue weighted by Gasteiger charge is 2.01. The summed E-state index contributed by atoms with van der Waals surface area (Å²) in [7, 11) is 0. The molecule has 0 aliphatic carbocycles. The van der Waals surface area contributed by atoms with E-state index in [9.17, 15) is 0 Å².